The van der Waals surface area contributed by atoms with Gasteiger partial charge in [0.05, 0.1) is 14.2 Å². The summed E-state index contributed by atoms with van der Waals surface area (Å²) in [5.74, 6) is 1.80. The van der Waals surface area contributed by atoms with Crippen molar-refractivity contribution in [3.63, 3.8) is 0 Å². The Hall–Kier alpha value is -2.74. The van der Waals surface area contributed by atoms with Crippen LogP contribution in [-0.4, -0.2) is 14.2 Å². The van der Waals surface area contributed by atoms with Crippen LogP contribution >= 0.6 is 0 Å². The van der Waals surface area contributed by atoms with Gasteiger partial charge in [0.25, 0.3) is 0 Å². The van der Waals surface area contributed by atoms with Gasteiger partial charge in [0.2, 0.25) is 0 Å². The zero-order valence-corrected chi connectivity index (χ0v) is 26.2. The van der Waals surface area contributed by atoms with Gasteiger partial charge in [-0.2, -0.15) is 0 Å². The van der Waals surface area contributed by atoms with Crippen molar-refractivity contribution >= 4 is 0 Å². The minimum Gasteiger partial charge on any atom is -0.497 e. The molecule has 0 aliphatic heterocycles. The van der Waals surface area contributed by atoms with E-state index in [4.69, 9.17) is 9.47 Å². The average Bonchev–Trinajstić information content (AvgIpc) is 2.91. The van der Waals surface area contributed by atoms with Crippen molar-refractivity contribution in [1.29, 1.82) is 0 Å². The fraction of sp³-hybridized carbons (Fsp3) is 0.514. The van der Waals surface area contributed by atoms with Crippen molar-refractivity contribution in [1.82, 2.24) is 0 Å². The second-order valence-electron chi connectivity index (χ2n) is 13.1. The van der Waals surface area contributed by atoms with Gasteiger partial charge in [-0.15, -0.1) is 0 Å². The van der Waals surface area contributed by atoms with Gasteiger partial charge >= 0.3 is 0 Å². The molecule has 2 heteroatoms. The van der Waals surface area contributed by atoms with E-state index in [0.717, 1.165) is 29.0 Å². The number of methoxy groups -OCH3 is 2. The van der Waals surface area contributed by atoms with Crippen LogP contribution in [0.4, 0.5) is 0 Å². The largest absolute Gasteiger partial charge is 0.497 e. The number of rotatable bonds is 12. The maximum absolute atomic E-state index is 6.07. The highest BCUT2D eigenvalue weighted by atomic mass is 16.5. The Labute approximate surface area is 239 Å². The molecule has 3 aromatic carbocycles. The van der Waals surface area contributed by atoms with E-state index >= 15 is 0 Å². The lowest BCUT2D eigenvalue weighted by Crippen LogP contribution is -2.14. The SMILES string of the molecule is CCCCCCCCCc1ccc(-c2c(OC)cc(-c3cc(OC)cc(C(C)(C)C)c3)cc2C(C)(C)C)cc1. The molecule has 0 aromatic heterocycles. The van der Waals surface area contributed by atoms with Gasteiger partial charge in [-0.3, -0.25) is 0 Å². The molecule has 212 valence electrons. The molecule has 0 aliphatic carbocycles. The number of aryl methyl sites for hydroxylation is 1. The van der Waals surface area contributed by atoms with E-state index in [0.29, 0.717) is 0 Å². The van der Waals surface area contributed by atoms with E-state index in [1.807, 2.05) is 0 Å². The molecule has 0 bridgehead atoms. The first-order valence-corrected chi connectivity index (χ1v) is 15.0. The Morgan fingerprint density at radius 2 is 1.21 bits per heavy atom. The molecule has 2 nitrogen and oxygen atoms in total. The van der Waals surface area contributed by atoms with Crippen LogP contribution in [0, 0.1) is 0 Å². The zero-order chi connectivity index (χ0) is 28.6. The maximum Gasteiger partial charge on any atom is 0.127 e. The van der Waals surface area contributed by atoms with Crippen LogP contribution in [0.1, 0.15) is 110 Å². The number of hydrogen-bond donors (Lipinski definition) is 0. The Kier molecular flexibility index (Phi) is 10.7. The van der Waals surface area contributed by atoms with Crippen LogP contribution in [-0.2, 0) is 17.3 Å². The van der Waals surface area contributed by atoms with E-state index in [-0.39, 0.29) is 10.8 Å². The van der Waals surface area contributed by atoms with Crippen LogP contribution in [0.2, 0.25) is 0 Å². The van der Waals surface area contributed by atoms with Crippen LogP contribution in [0.3, 0.4) is 0 Å². The van der Waals surface area contributed by atoms with Gasteiger partial charge in [-0.1, -0.05) is 117 Å². The number of unbranched alkanes of at least 4 members (excludes halogenated alkanes) is 6. The van der Waals surface area contributed by atoms with Crippen molar-refractivity contribution in [2.24, 2.45) is 0 Å². The summed E-state index contributed by atoms with van der Waals surface area (Å²) in [5, 5.41) is 0. The summed E-state index contributed by atoms with van der Waals surface area (Å²) >= 11 is 0. The molecule has 3 aromatic rings. The Balaban J connectivity index is 1.94. The first kappa shape index (κ1) is 30.8. The van der Waals surface area contributed by atoms with Crippen LogP contribution in [0.15, 0.2) is 54.6 Å². The molecule has 0 unspecified atom stereocenters. The summed E-state index contributed by atoms with van der Waals surface area (Å²) in [6.45, 7) is 15.9. The average molecular weight is 529 g/mol. The third-order valence-corrected chi connectivity index (χ3v) is 7.78. The summed E-state index contributed by atoms with van der Waals surface area (Å²) in [5.41, 5.74) is 8.65. The predicted molar refractivity (Wildman–Crippen MR) is 170 cm³/mol. The van der Waals surface area contributed by atoms with E-state index in [9.17, 15) is 0 Å². The van der Waals surface area contributed by atoms with Crippen LogP contribution in [0.25, 0.3) is 22.3 Å². The van der Waals surface area contributed by atoms with Gasteiger partial charge < -0.3 is 9.47 Å². The molecule has 0 aliphatic rings. The Bertz CT molecular complexity index is 1190. The van der Waals surface area contributed by atoms with E-state index < -0.39 is 0 Å². The smallest absolute Gasteiger partial charge is 0.127 e. The molecule has 0 radical (unpaired) electrons. The van der Waals surface area contributed by atoms with Gasteiger partial charge in [0, 0.05) is 5.56 Å². The summed E-state index contributed by atoms with van der Waals surface area (Å²) in [4.78, 5) is 0. The Morgan fingerprint density at radius 3 is 1.77 bits per heavy atom. The summed E-state index contributed by atoms with van der Waals surface area (Å²) in [6.07, 6.45) is 10.6. The van der Waals surface area contributed by atoms with Gasteiger partial charge in [-0.05, 0) is 81.3 Å². The van der Waals surface area contributed by atoms with Gasteiger partial charge in [-0.25, -0.2) is 0 Å². The van der Waals surface area contributed by atoms with Crippen molar-refractivity contribution < 1.29 is 9.47 Å². The number of ether oxygens (including phenoxy) is 2. The molecule has 0 spiro atoms. The summed E-state index contributed by atoms with van der Waals surface area (Å²) in [6, 6.07) is 20.3. The summed E-state index contributed by atoms with van der Waals surface area (Å²) in [7, 11) is 3.53. The second kappa shape index (κ2) is 13.6. The molecule has 0 fully saturated rings. The highest BCUT2D eigenvalue weighted by Crippen LogP contribution is 2.44. The molecular weight excluding hydrogens is 476 g/mol. The maximum atomic E-state index is 6.07. The lowest BCUT2D eigenvalue weighted by atomic mass is 9.79. The molecule has 0 saturated carbocycles. The standard InChI is InChI=1S/C37H52O2/c1-10-11-12-13-14-15-16-17-27-18-20-28(21-19-27)35-33(37(5,6)7)24-30(25-34(35)39-9)29-22-31(36(2,3)4)26-32(23-29)38-8/h18-26H,10-17H2,1-9H3. The molecule has 0 heterocycles. The van der Waals surface area contributed by atoms with E-state index in [2.05, 4.69) is 103 Å². The fourth-order valence-corrected chi connectivity index (χ4v) is 5.27. The van der Waals surface area contributed by atoms with E-state index in [1.165, 1.54) is 72.8 Å². The van der Waals surface area contributed by atoms with Crippen molar-refractivity contribution in [3.05, 3.63) is 71.3 Å². The number of benzene rings is 3. The second-order valence-corrected chi connectivity index (χ2v) is 13.1. The molecule has 0 saturated heterocycles. The zero-order valence-electron chi connectivity index (χ0n) is 26.2. The van der Waals surface area contributed by atoms with Crippen molar-refractivity contribution in [3.8, 4) is 33.8 Å². The van der Waals surface area contributed by atoms with E-state index in [1.54, 1.807) is 14.2 Å². The molecule has 3 rings (SSSR count). The highest BCUT2D eigenvalue weighted by molar-refractivity contribution is 5.81. The predicted octanol–water partition coefficient (Wildman–Crippen LogP) is 10.9. The van der Waals surface area contributed by atoms with Crippen LogP contribution in [0.5, 0.6) is 11.5 Å². The van der Waals surface area contributed by atoms with Gasteiger partial charge in [0.1, 0.15) is 11.5 Å². The topological polar surface area (TPSA) is 18.5 Å². The molecule has 0 atom stereocenters. The fourth-order valence-electron chi connectivity index (χ4n) is 5.27. The van der Waals surface area contributed by atoms with Crippen molar-refractivity contribution in [2.75, 3.05) is 14.2 Å². The van der Waals surface area contributed by atoms with Crippen molar-refractivity contribution in [2.45, 2.75) is 111 Å². The van der Waals surface area contributed by atoms with Crippen LogP contribution < -0.4 is 9.47 Å². The first-order chi connectivity index (χ1) is 18.5. The quantitative estimate of drug-likeness (QED) is 0.218. The monoisotopic (exact) mass is 528 g/mol. The van der Waals surface area contributed by atoms with Gasteiger partial charge in [0.15, 0.2) is 0 Å². The minimum atomic E-state index is -0.0548. The lowest BCUT2D eigenvalue weighted by Gasteiger charge is -2.27. The molecular formula is C37H52O2. The highest BCUT2D eigenvalue weighted by Gasteiger charge is 2.24. The minimum absolute atomic E-state index is 0.0248. The molecule has 39 heavy (non-hydrogen) atoms. The normalized spacial score (nSPS) is 12.0. The molecule has 0 amide bonds. The third-order valence-electron chi connectivity index (χ3n) is 7.78. The lowest BCUT2D eigenvalue weighted by molar-refractivity contribution is 0.412. The molecule has 0 N–H and O–H groups in total. The Morgan fingerprint density at radius 1 is 0.590 bits per heavy atom. The first-order valence-electron chi connectivity index (χ1n) is 15.0. The number of hydrogen-bond acceptors (Lipinski definition) is 2. The summed E-state index contributed by atoms with van der Waals surface area (Å²) < 4.78 is 11.8. The third kappa shape index (κ3) is 8.37.